The Hall–Kier alpha value is -2.35. The van der Waals surface area contributed by atoms with E-state index in [1.54, 1.807) is 0 Å². The molecule has 1 unspecified atom stereocenters. The summed E-state index contributed by atoms with van der Waals surface area (Å²) in [4.78, 5) is 14.9. The predicted octanol–water partition coefficient (Wildman–Crippen LogP) is 4.59. The first-order valence-electron chi connectivity index (χ1n) is 7.17. The molecule has 1 atom stereocenters. The molecule has 1 aliphatic rings. The molecule has 1 amide bonds. The number of carbonyl (C=O) groups excluding carboxylic acids is 1. The highest BCUT2D eigenvalue weighted by Crippen LogP contribution is 2.47. The van der Waals surface area contributed by atoms with E-state index < -0.39 is 5.41 Å². The zero-order chi connectivity index (χ0) is 15.0. The second-order valence-corrected chi connectivity index (χ2v) is 5.96. The van der Waals surface area contributed by atoms with Crippen molar-refractivity contribution >= 4 is 17.3 Å². The fourth-order valence-corrected chi connectivity index (χ4v) is 3.21. The number of benzene rings is 2. The van der Waals surface area contributed by atoms with Crippen molar-refractivity contribution in [2.45, 2.75) is 25.7 Å². The lowest BCUT2D eigenvalue weighted by Gasteiger charge is -2.24. The van der Waals surface area contributed by atoms with Gasteiger partial charge in [-0.1, -0.05) is 42.0 Å². The molecule has 2 heteroatoms. The second kappa shape index (κ2) is 4.88. The third kappa shape index (κ3) is 2.07. The van der Waals surface area contributed by atoms with Crippen LogP contribution in [0.5, 0.6) is 0 Å². The summed E-state index contributed by atoms with van der Waals surface area (Å²) in [5.41, 5.74) is 3.48. The van der Waals surface area contributed by atoms with Crippen LogP contribution in [-0.2, 0) is 10.2 Å². The predicted molar refractivity (Wildman–Crippen MR) is 86.8 cm³/mol. The van der Waals surface area contributed by atoms with Gasteiger partial charge in [0, 0.05) is 5.69 Å². The van der Waals surface area contributed by atoms with Crippen molar-refractivity contribution in [3.05, 3.63) is 72.3 Å². The number of fused-ring (bicyclic) bond motifs is 1. The Morgan fingerprint density at radius 3 is 2.38 bits per heavy atom. The summed E-state index contributed by atoms with van der Waals surface area (Å²) in [6.45, 7) is 8.00. The van der Waals surface area contributed by atoms with Crippen LogP contribution in [0.3, 0.4) is 0 Å². The van der Waals surface area contributed by atoms with Gasteiger partial charge in [-0.2, -0.15) is 0 Å². The van der Waals surface area contributed by atoms with Gasteiger partial charge in [-0.15, -0.1) is 6.58 Å². The maximum Gasteiger partial charge on any atom is 0.242 e. The number of nitrogens with zero attached hydrogens (tertiary/aromatic N) is 1. The van der Waals surface area contributed by atoms with Gasteiger partial charge in [0.05, 0.1) is 11.1 Å². The largest absolute Gasteiger partial charge is 0.280 e. The Labute approximate surface area is 125 Å². The molecule has 0 bridgehead atoms. The van der Waals surface area contributed by atoms with Gasteiger partial charge in [0.2, 0.25) is 5.91 Å². The van der Waals surface area contributed by atoms with Gasteiger partial charge in [-0.3, -0.25) is 9.69 Å². The van der Waals surface area contributed by atoms with Gasteiger partial charge in [0.15, 0.2) is 0 Å². The lowest BCUT2D eigenvalue weighted by atomic mass is 9.79. The van der Waals surface area contributed by atoms with Crippen LogP contribution in [0.15, 0.2) is 66.7 Å². The molecule has 2 nitrogen and oxygen atoms in total. The van der Waals surface area contributed by atoms with Crippen molar-refractivity contribution in [3.8, 4) is 0 Å². The van der Waals surface area contributed by atoms with Gasteiger partial charge in [0.1, 0.15) is 0 Å². The molecule has 106 valence electrons. The number of anilines is 2. The zero-order valence-electron chi connectivity index (χ0n) is 12.5. The second-order valence-electron chi connectivity index (χ2n) is 5.96. The van der Waals surface area contributed by atoms with E-state index in [4.69, 9.17) is 0 Å². The summed E-state index contributed by atoms with van der Waals surface area (Å²) in [7, 11) is 0. The Bertz CT molecular complexity index is 705. The van der Waals surface area contributed by atoms with Crippen LogP contribution in [-0.4, -0.2) is 5.91 Å². The Balaban J connectivity index is 2.17. The minimum atomic E-state index is -0.529. The van der Waals surface area contributed by atoms with Crippen LogP contribution in [0.2, 0.25) is 0 Å². The number of amides is 1. The Morgan fingerprint density at radius 2 is 1.71 bits per heavy atom. The molecule has 0 aromatic heterocycles. The minimum absolute atomic E-state index is 0.123. The third-order valence-electron chi connectivity index (χ3n) is 4.08. The van der Waals surface area contributed by atoms with Crippen molar-refractivity contribution in [2.24, 2.45) is 0 Å². The molecule has 21 heavy (non-hydrogen) atoms. The average Bonchev–Trinajstić information content (AvgIpc) is 2.68. The van der Waals surface area contributed by atoms with Crippen molar-refractivity contribution in [1.29, 1.82) is 0 Å². The SMILES string of the molecule is C=C(C)CC1(C)C(=O)N(c2ccccc2)c2ccccc21. The molecule has 0 spiro atoms. The summed E-state index contributed by atoms with van der Waals surface area (Å²) in [5.74, 6) is 0.123. The highest BCUT2D eigenvalue weighted by Gasteiger charge is 2.47. The number of hydrogen-bond donors (Lipinski definition) is 0. The molecule has 0 N–H and O–H groups in total. The molecule has 2 aromatic carbocycles. The van der Waals surface area contributed by atoms with Crippen molar-refractivity contribution in [2.75, 3.05) is 4.90 Å². The summed E-state index contributed by atoms with van der Waals surface area (Å²) in [6, 6.07) is 17.9. The maximum atomic E-state index is 13.1. The number of rotatable bonds is 3. The van der Waals surface area contributed by atoms with E-state index >= 15 is 0 Å². The highest BCUT2D eigenvalue weighted by molar-refractivity contribution is 6.12. The van der Waals surface area contributed by atoms with Gasteiger partial charge in [0.25, 0.3) is 0 Å². The smallest absolute Gasteiger partial charge is 0.242 e. The molecule has 1 heterocycles. The van der Waals surface area contributed by atoms with Crippen molar-refractivity contribution in [1.82, 2.24) is 0 Å². The molecule has 0 fully saturated rings. The van der Waals surface area contributed by atoms with Crippen LogP contribution < -0.4 is 4.90 Å². The Kier molecular flexibility index (Phi) is 3.17. The van der Waals surface area contributed by atoms with E-state index in [0.29, 0.717) is 6.42 Å². The van der Waals surface area contributed by atoms with Crippen LogP contribution in [0, 0.1) is 0 Å². The summed E-state index contributed by atoms with van der Waals surface area (Å²) in [6.07, 6.45) is 0.673. The Morgan fingerprint density at radius 1 is 1.10 bits per heavy atom. The molecule has 0 aliphatic carbocycles. The minimum Gasteiger partial charge on any atom is -0.280 e. The van der Waals surface area contributed by atoms with E-state index in [0.717, 1.165) is 22.5 Å². The molecule has 0 saturated carbocycles. The molecule has 1 aliphatic heterocycles. The lowest BCUT2D eigenvalue weighted by molar-refractivity contribution is -0.121. The molecule has 0 radical (unpaired) electrons. The summed E-state index contributed by atoms with van der Waals surface area (Å²) >= 11 is 0. The maximum absolute atomic E-state index is 13.1. The van der Waals surface area contributed by atoms with Crippen molar-refractivity contribution < 1.29 is 4.79 Å². The van der Waals surface area contributed by atoms with Gasteiger partial charge >= 0.3 is 0 Å². The molecule has 2 aromatic rings. The molecule has 0 saturated heterocycles. The van der Waals surface area contributed by atoms with Gasteiger partial charge < -0.3 is 0 Å². The van der Waals surface area contributed by atoms with Crippen molar-refractivity contribution in [3.63, 3.8) is 0 Å². The van der Waals surface area contributed by atoms with E-state index in [1.807, 2.05) is 67.3 Å². The number of carbonyl (C=O) groups is 1. The van der Waals surface area contributed by atoms with Crippen LogP contribution in [0.25, 0.3) is 0 Å². The summed E-state index contributed by atoms with van der Waals surface area (Å²) in [5, 5.41) is 0. The molecule has 3 rings (SSSR count). The van der Waals surface area contributed by atoms with Crippen LogP contribution in [0.1, 0.15) is 25.8 Å². The topological polar surface area (TPSA) is 20.3 Å². The normalized spacial score (nSPS) is 20.5. The number of hydrogen-bond acceptors (Lipinski definition) is 1. The fourth-order valence-electron chi connectivity index (χ4n) is 3.21. The first kappa shape index (κ1) is 13.6. The van der Waals surface area contributed by atoms with Crippen LogP contribution in [0.4, 0.5) is 11.4 Å². The number of allylic oxidation sites excluding steroid dienone is 1. The quantitative estimate of drug-likeness (QED) is 0.751. The zero-order valence-corrected chi connectivity index (χ0v) is 12.5. The van der Waals surface area contributed by atoms with E-state index in [2.05, 4.69) is 12.6 Å². The molecular weight excluding hydrogens is 258 g/mol. The van der Waals surface area contributed by atoms with E-state index in [-0.39, 0.29) is 5.91 Å². The molecular formula is C19H19NO. The monoisotopic (exact) mass is 277 g/mol. The standard InChI is InChI=1S/C19H19NO/c1-14(2)13-19(3)16-11-7-8-12-17(16)20(18(19)21)15-9-5-4-6-10-15/h4-12H,1,13H2,2-3H3. The first-order chi connectivity index (χ1) is 10.0. The van der Waals surface area contributed by atoms with Gasteiger partial charge in [-0.25, -0.2) is 0 Å². The first-order valence-corrected chi connectivity index (χ1v) is 7.17. The highest BCUT2D eigenvalue weighted by atomic mass is 16.2. The number of para-hydroxylation sites is 2. The third-order valence-corrected chi connectivity index (χ3v) is 4.08. The average molecular weight is 277 g/mol. The fraction of sp³-hybridized carbons (Fsp3) is 0.211. The van der Waals surface area contributed by atoms with E-state index in [9.17, 15) is 4.79 Å². The summed E-state index contributed by atoms with van der Waals surface area (Å²) < 4.78 is 0. The van der Waals surface area contributed by atoms with Gasteiger partial charge in [-0.05, 0) is 44.0 Å². The van der Waals surface area contributed by atoms with Crippen LogP contribution >= 0.6 is 0 Å². The van der Waals surface area contributed by atoms with E-state index in [1.165, 1.54) is 0 Å². The lowest BCUT2D eigenvalue weighted by Crippen LogP contribution is -2.36.